The zero-order chi connectivity index (χ0) is 11.4. The van der Waals surface area contributed by atoms with Crippen molar-refractivity contribution in [2.45, 2.75) is 0 Å². The minimum Gasteiger partial charge on any atom is -0.355 e. The largest absolute Gasteiger partial charge is 0.355 e. The first-order valence-corrected chi connectivity index (χ1v) is 4.11. The fourth-order valence-corrected chi connectivity index (χ4v) is 1.10. The molecule has 0 fully saturated rings. The van der Waals surface area contributed by atoms with Gasteiger partial charge in [-0.15, -0.1) is 0 Å². The van der Waals surface area contributed by atoms with Gasteiger partial charge in [-0.1, -0.05) is 11.5 Å². The minimum absolute atomic E-state index is 0.0797. The molecule has 0 aromatic heterocycles. The van der Waals surface area contributed by atoms with Gasteiger partial charge in [-0.05, 0) is 6.07 Å². The lowest BCUT2D eigenvalue weighted by molar-refractivity contribution is -0.105. The van der Waals surface area contributed by atoms with E-state index in [1.54, 1.807) is 0 Å². The molecule has 0 saturated heterocycles. The van der Waals surface area contributed by atoms with Crippen molar-refractivity contribution in [3.8, 4) is 0 Å². The maximum Gasteiger partial charge on any atom is 0.253 e. The fourth-order valence-electron chi connectivity index (χ4n) is 1.10. The van der Waals surface area contributed by atoms with Crippen LogP contribution >= 0.6 is 0 Å². The lowest BCUT2D eigenvalue weighted by Crippen LogP contribution is -2.23. The fraction of sp³-hybridized carbons (Fsp3) is 0.111. The summed E-state index contributed by atoms with van der Waals surface area (Å²) < 4.78 is 13.0. The van der Waals surface area contributed by atoms with Crippen molar-refractivity contribution < 1.29 is 14.0 Å². The molecule has 15 heavy (non-hydrogen) atoms. The van der Waals surface area contributed by atoms with Gasteiger partial charge in [0.2, 0.25) is 6.41 Å². The normalized spacial score (nSPS) is 9.47. The molecule has 4 nitrogen and oxygen atoms in total. The SMILES string of the molecule is [B]c1cc(C(=O)NC)c(NC=O)cc1F. The second kappa shape index (κ2) is 4.59. The molecule has 0 saturated carbocycles. The van der Waals surface area contributed by atoms with Gasteiger partial charge in [0.05, 0.1) is 11.3 Å². The van der Waals surface area contributed by atoms with E-state index in [0.29, 0.717) is 6.41 Å². The Bertz CT molecular complexity index is 409. The topological polar surface area (TPSA) is 58.2 Å². The van der Waals surface area contributed by atoms with Crippen LogP contribution in [-0.2, 0) is 4.79 Å². The van der Waals surface area contributed by atoms with E-state index in [1.165, 1.54) is 13.1 Å². The quantitative estimate of drug-likeness (QED) is 0.519. The molecule has 2 amide bonds. The zero-order valence-electron chi connectivity index (χ0n) is 8.00. The zero-order valence-corrected chi connectivity index (χ0v) is 8.00. The first kappa shape index (κ1) is 11.2. The average molecular weight is 206 g/mol. The van der Waals surface area contributed by atoms with Crippen molar-refractivity contribution in [2.24, 2.45) is 0 Å². The maximum atomic E-state index is 13.0. The van der Waals surface area contributed by atoms with E-state index in [9.17, 15) is 14.0 Å². The van der Waals surface area contributed by atoms with Crippen LogP contribution in [0.1, 0.15) is 10.4 Å². The third-order valence-electron chi connectivity index (χ3n) is 1.82. The van der Waals surface area contributed by atoms with Gasteiger partial charge in [0.1, 0.15) is 13.7 Å². The highest BCUT2D eigenvalue weighted by atomic mass is 19.1. The van der Waals surface area contributed by atoms with Crippen molar-refractivity contribution in [1.82, 2.24) is 5.32 Å². The molecule has 0 atom stereocenters. The monoisotopic (exact) mass is 206 g/mol. The smallest absolute Gasteiger partial charge is 0.253 e. The molecule has 0 unspecified atom stereocenters. The summed E-state index contributed by atoms with van der Waals surface area (Å²) in [7, 11) is 6.73. The van der Waals surface area contributed by atoms with Crippen LogP contribution in [0.5, 0.6) is 0 Å². The van der Waals surface area contributed by atoms with Gasteiger partial charge in [-0.2, -0.15) is 0 Å². The van der Waals surface area contributed by atoms with Gasteiger partial charge in [0.15, 0.2) is 0 Å². The summed E-state index contributed by atoms with van der Waals surface area (Å²) in [5, 5.41) is 4.58. The summed E-state index contributed by atoms with van der Waals surface area (Å²) in [6.07, 6.45) is 0.359. The van der Waals surface area contributed by atoms with E-state index >= 15 is 0 Å². The lowest BCUT2D eigenvalue weighted by atomic mass is 9.92. The van der Waals surface area contributed by atoms with Gasteiger partial charge in [0, 0.05) is 7.05 Å². The summed E-state index contributed by atoms with van der Waals surface area (Å²) in [5.41, 5.74) is 0.0459. The van der Waals surface area contributed by atoms with Crippen molar-refractivity contribution >= 4 is 31.3 Å². The predicted molar refractivity (Wildman–Crippen MR) is 54.9 cm³/mol. The van der Waals surface area contributed by atoms with Crippen LogP contribution in [0.3, 0.4) is 0 Å². The van der Waals surface area contributed by atoms with E-state index in [0.717, 1.165) is 6.07 Å². The van der Waals surface area contributed by atoms with Crippen LogP contribution in [0, 0.1) is 5.82 Å². The van der Waals surface area contributed by atoms with Gasteiger partial charge in [0.25, 0.3) is 5.91 Å². The van der Waals surface area contributed by atoms with E-state index in [-0.39, 0.29) is 16.7 Å². The van der Waals surface area contributed by atoms with Crippen molar-refractivity contribution in [2.75, 3.05) is 12.4 Å². The Kier molecular flexibility index (Phi) is 3.44. The Labute approximate surface area is 87.3 Å². The number of benzene rings is 1. The molecular formula is C9H8BFN2O2. The van der Waals surface area contributed by atoms with Crippen LogP contribution in [0.25, 0.3) is 0 Å². The summed E-state index contributed by atoms with van der Waals surface area (Å²) >= 11 is 0. The van der Waals surface area contributed by atoms with Crippen LogP contribution in [0.15, 0.2) is 12.1 Å². The average Bonchev–Trinajstić information content (AvgIpc) is 2.22. The standard InChI is InChI=1S/C9H8BFN2O2/c1-12-9(15)5-2-6(10)7(11)3-8(5)13-4-14/h2-4H,1H3,(H,12,15)(H,13,14). The number of hydrogen-bond donors (Lipinski definition) is 2. The van der Waals surface area contributed by atoms with Gasteiger partial charge >= 0.3 is 0 Å². The van der Waals surface area contributed by atoms with E-state index in [4.69, 9.17) is 7.85 Å². The molecule has 0 bridgehead atoms. The Morgan fingerprint density at radius 2 is 2.20 bits per heavy atom. The minimum atomic E-state index is -0.688. The highest BCUT2D eigenvalue weighted by Crippen LogP contribution is 2.14. The third-order valence-corrected chi connectivity index (χ3v) is 1.82. The van der Waals surface area contributed by atoms with Gasteiger partial charge in [-0.25, -0.2) is 4.39 Å². The Morgan fingerprint density at radius 3 is 2.73 bits per heavy atom. The molecule has 1 rings (SSSR count). The van der Waals surface area contributed by atoms with Crippen LogP contribution < -0.4 is 16.1 Å². The molecule has 1 aromatic rings. The molecule has 6 heteroatoms. The Hall–Kier alpha value is -1.85. The molecule has 0 heterocycles. The molecule has 76 valence electrons. The Balaban J connectivity index is 3.27. The number of halogens is 1. The molecule has 2 radical (unpaired) electrons. The van der Waals surface area contributed by atoms with Gasteiger partial charge < -0.3 is 10.6 Å². The summed E-state index contributed by atoms with van der Waals surface area (Å²) in [5.74, 6) is -1.14. The number of amides is 2. The first-order valence-electron chi connectivity index (χ1n) is 4.11. The molecule has 0 aliphatic rings. The highest BCUT2D eigenvalue weighted by Gasteiger charge is 2.12. The first-order chi connectivity index (χ1) is 7.10. The van der Waals surface area contributed by atoms with E-state index in [1.807, 2.05) is 0 Å². The molecule has 0 aliphatic heterocycles. The van der Waals surface area contributed by atoms with Gasteiger partial charge in [-0.3, -0.25) is 9.59 Å². The van der Waals surface area contributed by atoms with Crippen molar-refractivity contribution in [3.63, 3.8) is 0 Å². The number of anilines is 1. The Morgan fingerprint density at radius 1 is 1.53 bits per heavy atom. The third kappa shape index (κ3) is 2.34. The summed E-state index contributed by atoms with van der Waals surface area (Å²) in [4.78, 5) is 21.6. The van der Waals surface area contributed by atoms with E-state index in [2.05, 4.69) is 10.6 Å². The number of nitrogens with one attached hydrogen (secondary N) is 2. The lowest BCUT2D eigenvalue weighted by Gasteiger charge is -2.09. The second-order valence-electron chi connectivity index (χ2n) is 2.76. The highest BCUT2D eigenvalue weighted by molar-refractivity contribution is 6.33. The predicted octanol–water partition coefficient (Wildman–Crippen LogP) is -0.453. The van der Waals surface area contributed by atoms with E-state index < -0.39 is 11.7 Å². The van der Waals surface area contributed by atoms with Crippen molar-refractivity contribution in [1.29, 1.82) is 0 Å². The molecular weight excluding hydrogens is 198 g/mol. The molecule has 0 aliphatic carbocycles. The van der Waals surface area contributed by atoms with Crippen LogP contribution in [0.2, 0.25) is 0 Å². The summed E-state index contributed by atoms with van der Waals surface area (Å²) in [6.45, 7) is 0. The molecule has 2 N–H and O–H groups in total. The number of hydrogen-bond acceptors (Lipinski definition) is 2. The second-order valence-corrected chi connectivity index (χ2v) is 2.76. The summed E-state index contributed by atoms with van der Waals surface area (Å²) in [6, 6.07) is 2.16. The number of carbonyl (C=O) groups excluding carboxylic acids is 2. The number of rotatable bonds is 3. The maximum absolute atomic E-state index is 13.0. The molecule has 0 spiro atoms. The van der Waals surface area contributed by atoms with Crippen molar-refractivity contribution in [3.05, 3.63) is 23.5 Å². The number of carbonyl (C=O) groups is 2. The molecule has 1 aromatic carbocycles. The van der Waals surface area contributed by atoms with Crippen LogP contribution in [0.4, 0.5) is 10.1 Å². The van der Waals surface area contributed by atoms with Crippen LogP contribution in [-0.4, -0.2) is 27.2 Å².